The van der Waals surface area contributed by atoms with Crippen molar-refractivity contribution in [2.45, 2.75) is 0 Å². The van der Waals surface area contributed by atoms with E-state index in [1.807, 2.05) is 6.07 Å². The third-order valence-corrected chi connectivity index (χ3v) is 4.78. The highest BCUT2D eigenvalue weighted by molar-refractivity contribution is 6.09. The summed E-state index contributed by atoms with van der Waals surface area (Å²) in [4.78, 5) is 37.5. The molecule has 3 aromatic carbocycles. The Kier molecular flexibility index (Phi) is 7.64. The molecule has 8 heteroatoms. The zero-order chi connectivity index (χ0) is 23.8. The molecule has 0 aromatic heterocycles. The lowest BCUT2D eigenvalue weighted by molar-refractivity contribution is -0.115. The van der Waals surface area contributed by atoms with Gasteiger partial charge in [-0.05, 0) is 24.3 Å². The molecule has 0 saturated carbocycles. The highest BCUT2D eigenvalue weighted by Gasteiger charge is 2.17. The van der Waals surface area contributed by atoms with Gasteiger partial charge in [0, 0.05) is 22.4 Å². The summed E-state index contributed by atoms with van der Waals surface area (Å²) in [7, 11) is 4.36. The van der Waals surface area contributed by atoms with Crippen molar-refractivity contribution in [1.82, 2.24) is 5.32 Å². The lowest BCUT2D eigenvalue weighted by Crippen LogP contribution is -2.32. The van der Waals surface area contributed by atoms with Crippen molar-refractivity contribution in [2.24, 2.45) is 0 Å². The molecule has 0 fully saturated rings. The molecule has 0 aliphatic rings. The van der Waals surface area contributed by atoms with Crippen LogP contribution in [0.2, 0.25) is 0 Å². The summed E-state index contributed by atoms with van der Waals surface area (Å²) < 4.78 is 15.7. The monoisotopic (exact) mass is 448 g/mol. The van der Waals surface area contributed by atoms with E-state index in [0.717, 1.165) is 0 Å². The average molecular weight is 448 g/mol. The maximum atomic E-state index is 12.6. The number of nitrogens with one attached hydrogen (secondary N) is 2. The quantitative estimate of drug-likeness (QED) is 0.487. The Hall–Kier alpha value is -4.33. The largest absolute Gasteiger partial charge is 0.493 e. The van der Waals surface area contributed by atoms with Crippen LogP contribution >= 0.6 is 0 Å². The molecule has 3 rings (SSSR count). The second-order valence-corrected chi connectivity index (χ2v) is 6.92. The van der Waals surface area contributed by atoms with Crippen molar-refractivity contribution in [1.29, 1.82) is 0 Å². The number of methoxy groups -OCH3 is 3. The third kappa shape index (κ3) is 5.68. The summed E-state index contributed by atoms with van der Waals surface area (Å²) in [6.07, 6.45) is 0. The Labute approximate surface area is 191 Å². The molecule has 0 radical (unpaired) electrons. The first-order valence-corrected chi connectivity index (χ1v) is 10.0. The van der Waals surface area contributed by atoms with Gasteiger partial charge >= 0.3 is 0 Å². The van der Waals surface area contributed by atoms with Crippen LogP contribution in [0.1, 0.15) is 26.3 Å². The Morgan fingerprint density at radius 1 is 0.727 bits per heavy atom. The summed E-state index contributed by atoms with van der Waals surface area (Å²) in [6, 6.07) is 18.5. The second kappa shape index (κ2) is 10.8. The first-order valence-electron chi connectivity index (χ1n) is 10.0. The molecule has 170 valence electrons. The summed E-state index contributed by atoms with van der Waals surface area (Å²) in [5.41, 5.74) is 1.69. The molecule has 0 unspecified atom stereocenters. The maximum absolute atomic E-state index is 12.6. The van der Waals surface area contributed by atoms with Crippen molar-refractivity contribution >= 4 is 23.3 Å². The van der Waals surface area contributed by atoms with E-state index in [1.165, 1.54) is 33.5 Å². The smallest absolute Gasteiger partial charge is 0.251 e. The van der Waals surface area contributed by atoms with Gasteiger partial charge in [-0.15, -0.1) is 0 Å². The fraction of sp³-hybridized carbons (Fsp3) is 0.160. The maximum Gasteiger partial charge on any atom is 0.251 e. The van der Waals surface area contributed by atoms with Gasteiger partial charge in [0.05, 0.1) is 27.9 Å². The van der Waals surface area contributed by atoms with E-state index >= 15 is 0 Å². The lowest BCUT2D eigenvalue weighted by atomic mass is 10.0. The van der Waals surface area contributed by atoms with E-state index in [1.54, 1.807) is 48.5 Å². The normalized spacial score (nSPS) is 10.2. The molecule has 2 amide bonds. The van der Waals surface area contributed by atoms with E-state index in [0.29, 0.717) is 34.1 Å². The number of benzene rings is 3. The zero-order valence-corrected chi connectivity index (χ0v) is 18.5. The van der Waals surface area contributed by atoms with Crippen LogP contribution in [0.4, 0.5) is 5.69 Å². The van der Waals surface area contributed by atoms with Crippen LogP contribution < -0.4 is 24.8 Å². The van der Waals surface area contributed by atoms with Crippen molar-refractivity contribution in [2.75, 3.05) is 33.2 Å². The molecule has 0 heterocycles. The Bertz CT molecular complexity index is 1140. The van der Waals surface area contributed by atoms with E-state index < -0.39 is 11.8 Å². The van der Waals surface area contributed by atoms with Crippen LogP contribution in [0.25, 0.3) is 0 Å². The number of hydrogen-bond donors (Lipinski definition) is 2. The molecule has 8 nitrogen and oxygen atoms in total. The molecule has 3 aromatic rings. The van der Waals surface area contributed by atoms with E-state index in [4.69, 9.17) is 14.2 Å². The number of hydrogen-bond acceptors (Lipinski definition) is 6. The van der Waals surface area contributed by atoms with Gasteiger partial charge in [0.25, 0.3) is 5.91 Å². The molecule has 0 aliphatic carbocycles. The number of rotatable bonds is 9. The van der Waals surface area contributed by atoms with Gasteiger partial charge in [-0.1, -0.05) is 42.5 Å². The van der Waals surface area contributed by atoms with Crippen LogP contribution in [0.3, 0.4) is 0 Å². The van der Waals surface area contributed by atoms with Gasteiger partial charge in [-0.25, -0.2) is 0 Å². The first kappa shape index (κ1) is 23.3. The minimum atomic E-state index is -0.489. The average Bonchev–Trinajstić information content (AvgIpc) is 2.86. The number of anilines is 1. The lowest BCUT2D eigenvalue weighted by Gasteiger charge is -2.14. The summed E-state index contributed by atoms with van der Waals surface area (Å²) >= 11 is 0. The van der Waals surface area contributed by atoms with E-state index in [2.05, 4.69) is 10.6 Å². The number of ether oxygens (including phenoxy) is 3. The van der Waals surface area contributed by atoms with Crippen LogP contribution in [0.5, 0.6) is 17.2 Å². The molecule has 0 bridgehead atoms. The van der Waals surface area contributed by atoms with Crippen LogP contribution in [-0.2, 0) is 4.79 Å². The first-order chi connectivity index (χ1) is 16.0. The fourth-order valence-electron chi connectivity index (χ4n) is 3.17. The van der Waals surface area contributed by atoms with Gasteiger partial charge in [0.1, 0.15) is 0 Å². The van der Waals surface area contributed by atoms with Crippen LogP contribution in [0.15, 0.2) is 66.7 Å². The van der Waals surface area contributed by atoms with Gasteiger partial charge in [0.15, 0.2) is 17.3 Å². The fourth-order valence-corrected chi connectivity index (χ4v) is 3.17. The third-order valence-electron chi connectivity index (χ3n) is 4.78. The minimum Gasteiger partial charge on any atom is -0.493 e. The predicted molar refractivity (Wildman–Crippen MR) is 123 cm³/mol. The number of amides is 2. The van der Waals surface area contributed by atoms with Gasteiger partial charge in [0.2, 0.25) is 11.7 Å². The summed E-state index contributed by atoms with van der Waals surface area (Å²) in [6.45, 7) is -0.271. The zero-order valence-electron chi connectivity index (χ0n) is 18.5. The van der Waals surface area contributed by atoms with Crippen LogP contribution in [-0.4, -0.2) is 45.5 Å². The highest BCUT2D eigenvalue weighted by Crippen LogP contribution is 2.38. The van der Waals surface area contributed by atoms with Crippen LogP contribution in [0, 0.1) is 0 Å². The molecular formula is C25H24N2O6. The van der Waals surface area contributed by atoms with Crippen molar-refractivity contribution < 1.29 is 28.6 Å². The highest BCUT2D eigenvalue weighted by atomic mass is 16.5. The van der Waals surface area contributed by atoms with Crippen molar-refractivity contribution in [3.05, 3.63) is 83.4 Å². The minimum absolute atomic E-state index is 0.151. The van der Waals surface area contributed by atoms with Gasteiger partial charge in [-0.3, -0.25) is 14.4 Å². The Balaban J connectivity index is 1.64. The Morgan fingerprint density at radius 3 is 1.97 bits per heavy atom. The number of ketones is 1. The Morgan fingerprint density at radius 2 is 1.36 bits per heavy atom. The van der Waals surface area contributed by atoms with Gasteiger partial charge < -0.3 is 24.8 Å². The molecule has 0 spiro atoms. The molecule has 33 heavy (non-hydrogen) atoms. The number of carbonyl (C=O) groups is 3. The van der Waals surface area contributed by atoms with Gasteiger partial charge in [-0.2, -0.15) is 0 Å². The second-order valence-electron chi connectivity index (χ2n) is 6.92. The molecule has 0 saturated heterocycles. The topological polar surface area (TPSA) is 103 Å². The summed E-state index contributed by atoms with van der Waals surface area (Å²) in [5.74, 6) is -0.0724. The molecule has 2 N–H and O–H groups in total. The molecule has 0 atom stereocenters. The molecular weight excluding hydrogens is 424 g/mol. The van der Waals surface area contributed by atoms with Crippen molar-refractivity contribution in [3.8, 4) is 17.2 Å². The predicted octanol–water partition coefficient (Wildman–Crippen LogP) is 3.31. The van der Waals surface area contributed by atoms with Crippen molar-refractivity contribution in [3.63, 3.8) is 0 Å². The number of carbonyl (C=O) groups excluding carboxylic acids is 3. The standard InChI is InChI=1S/C25H24N2O6/c1-31-20-13-18(14-21(32-2)24(20)33-3)25(30)26-15-22(28)27-19-11-7-10-17(12-19)23(29)16-8-5-4-6-9-16/h4-14H,15H2,1-3H3,(H,26,30)(H,27,28). The van der Waals surface area contributed by atoms with E-state index in [-0.39, 0.29) is 17.9 Å². The van der Waals surface area contributed by atoms with E-state index in [9.17, 15) is 14.4 Å². The summed E-state index contributed by atoms with van der Waals surface area (Å²) in [5, 5.41) is 5.24. The SMILES string of the molecule is COc1cc(C(=O)NCC(=O)Nc2cccc(C(=O)c3ccccc3)c2)cc(OC)c1OC. The molecule has 0 aliphatic heterocycles.